The van der Waals surface area contributed by atoms with Gasteiger partial charge in [-0.1, -0.05) is 48.0 Å². The third-order valence-corrected chi connectivity index (χ3v) is 4.04. The van der Waals surface area contributed by atoms with Gasteiger partial charge in [-0.15, -0.1) is 0 Å². The zero-order valence-electron chi connectivity index (χ0n) is 16.2. The van der Waals surface area contributed by atoms with E-state index >= 15 is 0 Å². The summed E-state index contributed by atoms with van der Waals surface area (Å²) < 4.78 is 0. The summed E-state index contributed by atoms with van der Waals surface area (Å²) >= 11 is 0. The molecule has 7 nitrogen and oxygen atoms in total. The first-order valence-electron chi connectivity index (χ1n) is 9.13. The van der Waals surface area contributed by atoms with Gasteiger partial charge in [0.2, 0.25) is 11.8 Å². The van der Waals surface area contributed by atoms with Gasteiger partial charge < -0.3 is 10.6 Å². The van der Waals surface area contributed by atoms with Crippen LogP contribution in [0.4, 0.5) is 5.69 Å². The maximum Gasteiger partial charge on any atom is 0.257 e. The first kappa shape index (κ1) is 21.0. The predicted octanol–water partition coefficient (Wildman–Crippen LogP) is 1.61. The van der Waals surface area contributed by atoms with Crippen molar-refractivity contribution in [1.29, 1.82) is 0 Å². The Balaban J connectivity index is 1.60. The number of carbonyl (C=O) groups is 3. The normalized spacial score (nSPS) is 10.1. The molecule has 0 bridgehead atoms. The number of aryl methyl sites for hydroxylation is 2. The van der Waals surface area contributed by atoms with Crippen LogP contribution in [0.5, 0.6) is 0 Å². The fourth-order valence-electron chi connectivity index (χ4n) is 2.59. The van der Waals surface area contributed by atoms with E-state index in [2.05, 4.69) is 21.5 Å². The quantitative estimate of drug-likeness (QED) is 0.521. The van der Waals surface area contributed by atoms with Gasteiger partial charge in [0.1, 0.15) is 0 Å². The largest absolute Gasteiger partial charge is 0.376 e. The number of anilines is 1. The Morgan fingerprint density at radius 2 is 1.57 bits per heavy atom. The molecular weight excluding hydrogens is 356 g/mol. The molecule has 4 N–H and O–H groups in total. The zero-order chi connectivity index (χ0) is 20.4. The molecular formula is C21H26N4O3. The molecule has 0 aliphatic heterocycles. The second-order valence-electron chi connectivity index (χ2n) is 6.53. The van der Waals surface area contributed by atoms with E-state index < -0.39 is 0 Å². The number of hydrogen-bond donors (Lipinski definition) is 4. The minimum Gasteiger partial charge on any atom is -0.376 e. The molecule has 2 aromatic rings. The van der Waals surface area contributed by atoms with Crippen molar-refractivity contribution in [2.45, 2.75) is 26.7 Å². The molecule has 0 heterocycles. The van der Waals surface area contributed by atoms with Gasteiger partial charge >= 0.3 is 0 Å². The van der Waals surface area contributed by atoms with Crippen LogP contribution in [0.25, 0.3) is 0 Å². The van der Waals surface area contributed by atoms with E-state index in [9.17, 15) is 14.4 Å². The van der Waals surface area contributed by atoms with Crippen molar-refractivity contribution >= 4 is 23.4 Å². The van der Waals surface area contributed by atoms with Crippen LogP contribution in [0.1, 0.15) is 23.1 Å². The van der Waals surface area contributed by atoms with Crippen LogP contribution in [0, 0.1) is 13.8 Å². The van der Waals surface area contributed by atoms with E-state index in [1.165, 1.54) is 0 Å². The number of benzene rings is 2. The second-order valence-corrected chi connectivity index (χ2v) is 6.53. The summed E-state index contributed by atoms with van der Waals surface area (Å²) in [6.07, 6.45) is 0.342. The summed E-state index contributed by atoms with van der Waals surface area (Å²) in [4.78, 5) is 35.4. The van der Waals surface area contributed by atoms with E-state index in [0.717, 1.165) is 22.4 Å². The lowest BCUT2D eigenvalue weighted by Crippen LogP contribution is -2.45. The molecule has 3 amide bonds. The minimum absolute atomic E-state index is 0.0397. The number of carbonyl (C=O) groups excluding carboxylic acids is 3. The van der Waals surface area contributed by atoms with Gasteiger partial charge in [-0.3, -0.25) is 25.2 Å². The summed E-state index contributed by atoms with van der Waals surface area (Å²) in [5.74, 6) is -0.887. The maximum absolute atomic E-state index is 11.8. The van der Waals surface area contributed by atoms with Gasteiger partial charge in [-0.25, -0.2) is 0 Å². The molecule has 0 aliphatic carbocycles. The summed E-state index contributed by atoms with van der Waals surface area (Å²) in [6.45, 7) is 4.20. The lowest BCUT2D eigenvalue weighted by Gasteiger charge is -2.11. The highest BCUT2D eigenvalue weighted by Gasteiger charge is 2.07. The molecule has 0 aromatic heterocycles. The SMILES string of the molecule is Cc1ccc(NCC(=O)NNC(=O)CCNC(=O)Cc2ccccc2)c(C)c1. The lowest BCUT2D eigenvalue weighted by atomic mass is 10.1. The second kappa shape index (κ2) is 10.7. The van der Waals surface area contributed by atoms with E-state index in [1.54, 1.807) is 0 Å². The Labute approximate surface area is 164 Å². The monoisotopic (exact) mass is 382 g/mol. The Hall–Kier alpha value is -3.35. The third kappa shape index (κ3) is 7.49. The molecule has 2 rings (SSSR count). The van der Waals surface area contributed by atoms with Gasteiger partial charge in [-0.2, -0.15) is 0 Å². The fraction of sp³-hybridized carbons (Fsp3) is 0.286. The van der Waals surface area contributed by atoms with Crippen molar-refractivity contribution in [2.24, 2.45) is 0 Å². The molecule has 0 fully saturated rings. The molecule has 7 heteroatoms. The molecule has 0 atom stereocenters. The Morgan fingerprint density at radius 3 is 2.29 bits per heavy atom. The minimum atomic E-state index is -0.375. The fourth-order valence-corrected chi connectivity index (χ4v) is 2.59. The van der Waals surface area contributed by atoms with Crippen LogP contribution in [-0.2, 0) is 20.8 Å². The topological polar surface area (TPSA) is 99.3 Å². The van der Waals surface area contributed by atoms with Crippen LogP contribution in [0.2, 0.25) is 0 Å². The van der Waals surface area contributed by atoms with E-state index in [-0.39, 0.29) is 43.7 Å². The van der Waals surface area contributed by atoms with E-state index in [0.29, 0.717) is 0 Å². The van der Waals surface area contributed by atoms with Crippen molar-refractivity contribution in [3.05, 3.63) is 65.2 Å². The molecule has 0 spiro atoms. The van der Waals surface area contributed by atoms with Gasteiger partial charge in [0.15, 0.2) is 0 Å². The van der Waals surface area contributed by atoms with Gasteiger partial charge in [-0.05, 0) is 31.0 Å². The highest BCUT2D eigenvalue weighted by Crippen LogP contribution is 2.15. The smallest absolute Gasteiger partial charge is 0.257 e. The molecule has 2 aromatic carbocycles. The van der Waals surface area contributed by atoms with Crippen molar-refractivity contribution in [2.75, 3.05) is 18.4 Å². The van der Waals surface area contributed by atoms with Crippen LogP contribution in [0.15, 0.2) is 48.5 Å². The first-order chi connectivity index (χ1) is 13.4. The number of hydrogen-bond acceptors (Lipinski definition) is 4. The van der Waals surface area contributed by atoms with Gasteiger partial charge in [0.25, 0.3) is 5.91 Å². The maximum atomic E-state index is 11.8. The molecule has 28 heavy (non-hydrogen) atoms. The Kier molecular flexibility index (Phi) is 8.02. The highest BCUT2D eigenvalue weighted by atomic mass is 16.2. The number of hydrazine groups is 1. The third-order valence-electron chi connectivity index (χ3n) is 4.04. The van der Waals surface area contributed by atoms with Crippen LogP contribution >= 0.6 is 0 Å². The van der Waals surface area contributed by atoms with Crippen molar-refractivity contribution in [3.8, 4) is 0 Å². The number of nitrogens with one attached hydrogen (secondary N) is 4. The molecule has 0 saturated heterocycles. The lowest BCUT2D eigenvalue weighted by molar-refractivity contribution is -0.128. The Bertz CT molecular complexity index is 822. The molecule has 0 aliphatic rings. The molecule has 148 valence electrons. The van der Waals surface area contributed by atoms with Crippen molar-refractivity contribution in [3.63, 3.8) is 0 Å². The first-order valence-corrected chi connectivity index (χ1v) is 9.13. The van der Waals surface area contributed by atoms with Crippen molar-refractivity contribution < 1.29 is 14.4 Å². The van der Waals surface area contributed by atoms with Crippen LogP contribution in [-0.4, -0.2) is 30.8 Å². The number of amides is 3. The van der Waals surface area contributed by atoms with Gasteiger partial charge in [0.05, 0.1) is 13.0 Å². The van der Waals surface area contributed by atoms with E-state index in [4.69, 9.17) is 0 Å². The van der Waals surface area contributed by atoms with Gasteiger partial charge in [0, 0.05) is 18.7 Å². The summed E-state index contributed by atoms with van der Waals surface area (Å²) in [5, 5.41) is 5.71. The summed E-state index contributed by atoms with van der Waals surface area (Å²) in [7, 11) is 0. The average molecular weight is 382 g/mol. The molecule has 0 saturated carbocycles. The highest BCUT2D eigenvalue weighted by molar-refractivity contribution is 5.85. The predicted molar refractivity (Wildman–Crippen MR) is 108 cm³/mol. The Morgan fingerprint density at radius 1 is 0.857 bits per heavy atom. The molecule has 0 unspecified atom stereocenters. The van der Waals surface area contributed by atoms with Crippen LogP contribution in [0.3, 0.4) is 0 Å². The number of rotatable bonds is 8. The standard InChI is InChI=1S/C21H26N4O3/c1-15-8-9-18(16(2)12-15)23-14-21(28)25-24-19(26)10-11-22-20(27)13-17-6-4-3-5-7-17/h3-9,12,23H,10-11,13-14H2,1-2H3,(H,22,27)(H,24,26)(H,25,28). The van der Waals surface area contributed by atoms with Crippen LogP contribution < -0.4 is 21.5 Å². The summed E-state index contributed by atoms with van der Waals surface area (Å²) in [5.41, 5.74) is 8.66. The summed E-state index contributed by atoms with van der Waals surface area (Å²) in [6, 6.07) is 15.3. The zero-order valence-corrected chi connectivity index (χ0v) is 16.2. The van der Waals surface area contributed by atoms with Crippen molar-refractivity contribution in [1.82, 2.24) is 16.2 Å². The molecule has 0 radical (unpaired) electrons. The average Bonchev–Trinajstić information content (AvgIpc) is 2.66. The van der Waals surface area contributed by atoms with E-state index in [1.807, 2.05) is 62.4 Å².